The molecule has 0 unspecified atom stereocenters. The molecule has 0 aliphatic carbocycles. The zero-order valence-electron chi connectivity index (χ0n) is 14.1. The summed E-state index contributed by atoms with van der Waals surface area (Å²) in [7, 11) is 0. The molecule has 0 saturated carbocycles. The molecular weight excluding hydrogens is 383 g/mol. The molecule has 0 aliphatic heterocycles. The third-order valence-electron chi connectivity index (χ3n) is 3.42. The van der Waals surface area contributed by atoms with E-state index in [2.05, 4.69) is 5.32 Å². The summed E-state index contributed by atoms with van der Waals surface area (Å²) in [6.45, 7) is 1.40. The highest BCUT2D eigenvalue weighted by Gasteiger charge is 2.29. The van der Waals surface area contributed by atoms with Gasteiger partial charge in [-0.05, 0) is 55.0 Å². The Bertz CT molecular complexity index is 831. The lowest BCUT2D eigenvalue weighted by molar-refractivity contribution is -0.148. The third kappa shape index (κ3) is 6.45. The van der Waals surface area contributed by atoms with Crippen LogP contribution in [0.15, 0.2) is 54.6 Å². The summed E-state index contributed by atoms with van der Waals surface area (Å²) < 4.78 is 42.4. The molecule has 27 heavy (non-hydrogen) atoms. The van der Waals surface area contributed by atoms with Crippen molar-refractivity contribution in [1.82, 2.24) is 0 Å². The van der Waals surface area contributed by atoms with Gasteiger partial charge in [0.25, 0.3) is 5.91 Å². The lowest BCUT2D eigenvalue weighted by atomic mass is 10.1. The maximum absolute atomic E-state index is 12.5. The first-order chi connectivity index (χ1) is 12.6. The van der Waals surface area contributed by atoms with Gasteiger partial charge in [0.1, 0.15) is 0 Å². The van der Waals surface area contributed by atoms with Crippen molar-refractivity contribution in [2.24, 2.45) is 0 Å². The standard InChI is InChI=1S/C19H15ClF3NO3/c1-12(18(26)24-16-9-7-15(20)8-10-16)27-17(25)11-4-13-2-5-14(6-3-13)19(21,22)23/h2-12H,1H3,(H,24,26)/b11-4+/t12-/m1/s1. The van der Waals surface area contributed by atoms with Gasteiger partial charge in [0.15, 0.2) is 6.10 Å². The summed E-state index contributed by atoms with van der Waals surface area (Å²) in [6.07, 6.45) is -3.15. The molecule has 142 valence electrons. The molecule has 8 heteroatoms. The number of nitrogens with one attached hydrogen (secondary N) is 1. The second-order valence-corrected chi connectivity index (χ2v) is 5.96. The third-order valence-corrected chi connectivity index (χ3v) is 3.68. The Morgan fingerprint density at radius 2 is 1.67 bits per heavy atom. The Labute approximate surface area is 158 Å². The monoisotopic (exact) mass is 397 g/mol. The number of carbonyl (C=O) groups excluding carboxylic acids is 2. The van der Waals surface area contributed by atoms with Crippen molar-refractivity contribution in [2.75, 3.05) is 5.32 Å². The number of rotatable bonds is 5. The van der Waals surface area contributed by atoms with E-state index in [1.54, 1.807) is 24.3 Å². The number of carbonyl (C=O) groups is 2. The van der Waals surface area contributed by atoms with Crippen LogP contribution >= 0.6 is 11.6 Å². The maximum Gasteiger partial charge on any atom is 0.416 e. The van der Waals surface area contributed by atoms with Crippen LogP contribution in [0.25, 0.3) is 6.08 Å². The van der Waals surface area contributed by atoms with Gasteiger partial charge in [0.2, 0.25) is 0 Å². The Kier molecular flexibility index (Phi) is 6.63. The van der Waals surface area contributed by atoms with Gasteiger partial charge < -0.3 is 10.1 Å². The van der Waals surface area contributed by atoms with Gasteiger partial charge in [-0.1, -0.05) is 23.7 Å². The van der Waals surface area contributed by atoms with Crippen LogP contribution in [-0.4, -0.2) is 18.0 Å². The highest BCUT2D eigenvalue weighted by atomic mass is 35.5. The molecule has 2 aromatic carbocycles. The van der Waals surface area contributed by atoms with E-state index in [1.165, 1.54) is 25.1 Å². The van der Waals surface area contributed by atoms with E-state index in [9.17, 15) is 22.8 Å². The zero-order chi connectivity index (χ0) is 20.0. The molecule has 1 amide bonds. The van der Waals surface area contributed by atoms with Crippen LogP contribution < -0.4 is 5.32 Å². The van der Waals surface area contributed by atoms with E-state index < -0.39 is 29.7 Å². The fourth-order valence-electron chi connectivity index (χ4n) is 1.99. The van der Waals surface area contributed by atoms with Gasteiger partial charge in [-0.25, -0.2) is 4.79 Å². The van der Waals surface area contributed by atoms with Gasteiger partial charge in [0, 0.05) is 16.8 Å². The van der Waals surface area contributed by atoms with Crippen molar-refractivity contribution in [3.8, 4) is 0 Å². The van der Waals surface area contributed by atoms with Crippen molar-refractivity contribution >= 4 is 35.2 Å². The molecule has 2 aromatic rings. The smallest absolute Gasteiger partial charge is 0.416 e. The molecule has 1 atom stereocenters. The Morgan fingerprint density at radius 3 is 2.22 bits per heavy atom. The number of esters is 1. The summed E-state index contributed by atoms with van der Waals surface area (Å²) in [4.78, 5) is 23.8. The summed E-state index contributed by atoms with van der Waals surface area (Å²) in [6, 6.07) is 10.7. The Morgan fingerprint density at radius 1 is 1.07 bits per heavy atom. The number of hydrogen-bond acceptors (Lipinski definition) is 3. The normalized spacial score (nSPS) is 12.6. The zero-order valence-corrected chi connectivity index (χ0v) is 14.8. The van der Waals surface area contributed by atoms with Crippen molar-refractivity contribution in [3.63, 3.8) is 0 Å². The van der Waals surface area contributed by atoms with Crippen molar-refractivity contribution < 1.29 is 27.5 Å². The summed E-state index contributed by atoms with van der Waals surface area (Å²) in [5.41, 5.74) is 0.0977. The minimum Gasteiger partial charge on any atom is -0.449 e. The SMILES string of the molecule is C[C@@H](OC(=O)/C=C/c1ccc(C(F)(F)F)cc1)C(=O)Nc1ccc(Cl)cc1. The van der Waals surface area contributed by atoms with Crippen molar-refractivity contribution in [3.05, 3.63) is 70.8 Å². The molecule has 1 N–H and O–H groups in total. The van der Waals surface area contributed by atoms with Gasteiger partial charge in [-0.3, -0.25) is 4.79 Å². The van der Waals surface area contributed by atoms with Gasteiger partial charge in [-0.15, -0.1) is 0 Å². The van der Waals surface area contributed by atoms with Crippen LogP contribution in [0, 0.1) is 0 Å². The lowest BCUT2D eigenvalue weighted by Gasteiger charge is -2.12. The summed E-state index contributed by atoms with van der Waals surface area (Å²) in [5.74, 6) is -1.33. The number of anilines is 1. The minimum atomic E-state index is -4.42. The average molecular weight is 398 g/mol. The number of amides is 1. The second-order valence-electron chi connectivity index (χ2n) is 5.53. The van der Waals surface area contributed by atoms with E-state index in [4.69, 9.17) is 16.3 Å². The number of alkyl halides is 3. The largest absolute Gasteiger partial charge is 0.449 e. The summed E-state index contributed by atoms with van der Waals surface area (Å²) >= 11 is 5.75. The predicted molar refractivity (Wildman–Crippen MR) is 96.1 cm³/mol. The predicted octanol–water partition coefficient (Wildman–Crippen LogP) is 4.94. The minimum absolute atomic E-state index is 0.387. The highest BCUT2D eigenvalue weighted by Crippen LogP contribution is 2.29. The first-order valence-corrected chi connectivity index (χ1v) is 8.15. The van der Waals surface area contributed by atoms with E-state index in [0.717, 1.165) is 18.2 Å². The van der Waals surface area contributed by atoms with Gasteiger partial charge in [0.05, 0.1) is 5.56 Å². The number of hydrogen-bond donors (Lipinski definition) is 1. The molecule has 4 nitrogen and oxygen atoms in total. The molecule has 0 bridgehead atoms. The van der Waals surface area contributed by atoms with E-state index >= 15 is 0 Å². The second kappa shape index (κ2) is 8.73. The van der Waals surface area contributed by atoms with E-state index in [0.29, 0.717) is 16.3 Å². The molecular formula is C19H15ClF3NO3. The molecule has 0 spiro atoms. The van der Waals surface area contributed by atoms with Crippen LogP contribution in [0.1, 0.15) is 18.1 Å². The van der Waals surface area contributed by atoms with Gasteiger partial charge in [-0.2, -0.15) is 13.2 Å². The van der Waals surface area contributed by atoms with Crippen molar-refractivity contribution in [2.45, 2.75) is 19.2 Å². The van der Waals surface area contributed by atoms with Crippen LogP contribution in [0.5, 0.6) is 0 Å². The number of ether oxygens (including phenoxy) is 1. The first-order valence-electron chi connectivity index (χ1n) is 7.77. The molecule has 0 saturated heterocycles. The molecule has 0 aromatic heterocycles. The average Bonchev–Trinajstić information content (AvgIpc) is 2.61. The molecule has 0 radical (unpaired) electrons. The fraction of sp³-hybridized carbons (Fsp3) is 0.158. The Hall–Kier alpha value is -2.80. The van der Waals surface area contributed by atoms with Crippen LogP contribution in [0.2, 0.25) is 5.02 Å². The molecule has 0 fully saturated rings. The lowest BCUT2D eigenvalue weighted by Crippen LogP contribution is -2.29. The molecule has 2 rings (SSSR count). The fourth-order valence-corrected chi connectivity index (χ4v) is 2.12. The first kappa shape index (κ1) is 20.5. The summed E-state index contributed by atoms with van der Waals surface area (Å²) in [5, 5.41) is 3.08. The van der Waals surface area contributed by atoms with Crippen LogP contribution in [0.4, 0.5) is 18.9 Å². The van der Waals surface area contributed by atoms with Crippen molar-refractivity contribution in [1.29, 1.82) is 0 Å². The number of benzene rings is 2. The van der Waals surface area contributed by atoms with E-state index in [-0.39, 0.29) is 0 Å². The van der Waals surface area contributed by atoms with Crippen LogP contribution in [0.3, 0.4) is 0 Å². The maximum atomic E-state index is 12.5. The van der Waals surface area contributed by atoms with Crippen LogP contribution in [-0.2, 0) is 20.5 Å². The quantitative estimate of drug-likeness (QED) is 0.574. The highest BCUT2D eigenvalue weighted by molar-refractivity contribution is 6.30. The Balaban J connectivity index is 1.89. The topological polar surface area (TPSA) is 55.4 Å². The number of halogens is 4. The van der Waals surface area contributed by atoms with Gasteiger partial charge >= 0.3 is 12.1 Å². The molecule has 0 aliphatic rings. The molecule has 0 heterocycles. The van der Waals surface area contributed by atoms with E-state index in [1.807, 2.05) is 0 Å².